The number of furan rings is 1. The van der Waals surface area contributed by atoms with Gasteiger partial charge in [0.2, 0.25) is 15.9 Å². The molecule has 0 spiro atoms. The number of carbonyl (C=O) groups excluding carboxylic acids is 1. The summed E-state index contributed by atoms with van der Waals surface area (Å²) in [5.74, 6) is -1.89. The van der Waals surface area contributed by atoms with Gasteiger partial charge in [-0.05, 0) is 54.1 Å². The largest absolute Gasteiger partial charge is 0.455 e. The summed E-state index contributed by atoms with van der Waals surface area (Å²) < 4.78 is 94.7. The molecular weight excluding hydrogens is 614 g/mol. The van der Waals surface area contributed by atoms with Gasteiger partial charge in [-0.25, -0.2) is 31.0 Å². The van der Waals surface area contributed by atoms with E-state index in [0.29, 0.717) is 5.56 Å². The topological polar surface area (TPSA) is 106 Å². The fourth-order valence-electron chi connectivity index (χ4n) is 5.09. The third kappa shape index (κ3) is 5.29. The van der Waals surface area contributed by atoms with Crippen LogP contribution < -0.4 is 9.62 Å². The molecule has 0 aliphatic carbocycles. The van der Waals surface area contributed by atoms with Gasteiger partial charge in [-0.3, -0.25) is 9.10 Å². The summed E-state index contributed by atoms with van der Waals surface area (Å²) in [5, 5.41) is 2.83. The van der Waals surface area contributed by atoms with Crippen molar-refractivity contribution in [3.8, 4) is 33.9 Å². The van der Waals surface area contributed by atoms with E-state index in [0.717, 1.165) is 22.7 Å². The number of sulfonamides is 1. The minimum atomic E-state index is -3.86. The molecule has 0 radical (unpaired) electrons. The lowest BCUT2D eigenvalue weighted by Crippen LogP contribution is -2.25. The lowest BCUT2D eigenvalue weighted by molar-refractivity contribution is 0.0964. The molecule has 6 aromatic rings. The maximum absolute atomic E-state index is 14.4. The minimum Gasteiger partial charge on any atom is -0.455 e. The predicted molar refractivity (Wildman–Crippen MR) is 162 cm³/mol. The quantitative estimate of drug-likeness (QED) is 0.181. The molecule has 0 aliphatic rings. The Morgan fingerprint density at radius 1 is 0.911 bits per heavy atom. The van der Waals surface area contributed by atoms with Gasteiger partial charge < -0.3 is 14.2 Å². The SMILES string of the molecule is CNC(=O)c1c(-c2ccc(F)cc2)oc2cc(N(C)S(C)(=O)=O)c(-c3ccc(C(F)F)c(-c4nc5c(F)cccc5o4)c3)cc12. The third-order valence-corrected chi connectivity index (χ3v) is 8.59. The van der Waals surface area contributed by atoms with E-state index in [2.05, 4.69) is 10.3 Å². The summed E-state index contributed by atoms with van der Waals surface area (Å²) in [7, 11) is -1.14. The predicted octanol–water partition coefficient (Wildman–Crippen LogP) is 7.55. The highest BCUT2D eigenvalue weighted by Gasteiger charge is 2.27. The first kappa shape index (κ1) is 29.9. The summed E-state index contributed by atoms with van der Waals surface area (Å²) in [6.45, 7) is 0. The van der Waals surface area contributed by atoms with E-state index in [1.54, 1.807) is 0 Å². The number of aromatic nitrogens is 1. The first-order valence-corrected chi connectivity index (χ1v) is 15.2. The lowest BCUT2D eigenvalue weighted by Gasteiger charge is -2.21. The Hall–Kier alpha value is -5.17. The molecule has 45 heavy (non-hydrogen) atoms. The fraction of sp³-hybridized carbons (Fsp3) is 0.125. The zero-order valence-corrected chi connectivity index (χ0v) is 24.7. The van der Waals surface area contributed by atoms with Crippen molar-refractivity contribution >= 4 is 43.7 Å². The van der Waals surface area contributed by atoms with Crippen LogP contribution in [0.1, 0.15) is 22.3 Å². The standard InChI is InChI=1S/C32H23F4N3O5S/c1-37-31(40)27-22-14-20(24(39(2)45(3,41)42)15-26(22)43-29(27)16-7-10-18(33)11-8-16)17-9-12-19(30(35)36)21(13-17)32-38-28-23(34)5-4-6-25(28)44-32/h4-15,30H,1-3H3,(H,37,40). The highest BCUT2D eigenvalue weighted by atomic mass is 32.2. The molecule has 2 heterocycles. The summed E-state index contributed by atoms with van der Waals surface area (Å²) in [6, 6.07) is 16.1. The average Bonchev–Trinajstić information content (AvgIpc) is 3.62. The van der Waals surface area contributed by atoms with E-state index in [9.17, 15) is 30.8 Å². The van der Waals surface area contributed by atoms with Gasteiger partial charge in [0, 0.05) is 47.8 Å². The zero-order chi connectivity index (χ0) is 32.2. The van der Waals surface area contributed by atoms with Crippen LogP contribution in [-0.2, 0) is 10.0 Å². The second-order valence-electron chi connectivity index (χ2n) is 10.2. The van der Waals surface area contributed by atoms with Crippen molar-refractivity contribution in [2.24, 2.45) is 0 Å². The molecule has 4 aromatic carbocycles. The number of nitrogens with zero attached hydrogens (tertiary/aromatic N) is 2. The van der Waals surface area contributed by atoms with Gasteiger partial charge in [-0.1, -0.05) is 18.2 Å². The van der Waals surface area contributed by atoms with Crippen LogP contribution in [0, 0.1) is 11.6 Å². The van der Waals surface area contributed by atoms with Crippen LogP contribution in [0.15, 0.2) is 81.6 Å². The number of benzene rings is 4. The van der Waals surface area contributed by atoms with Crippen LogP contribution in [0.4, 0.5) is 23.2 Å². The van der Waals surface area contributed by atoms with Crippen LogP contribution in [0.3, 0.4) is 0 Å². The van der Waals surface area contributed by atoms with Crippen molar-refractivity contribution in [2.45, 2.75) is 6.43 Å². The number of anilines is 1. The summed E-state index contributed by atoms with van der Waals surface area (Å²) in [4.78, 5) is 17.3. The Morgan fingerprint density at radius 2 is 1.62 bits per heavy atom. The maximum Gasteiger partial charge on any atom is 0.264 e. The van der Waals surface area contributed by atoms with Crippen molar-refractivity contribution < 1.29 is 39.6 Å². The first-order valence-electron chi connectivity index (χ1n) is 13.4. The number of para-hydroxylation sites is 1. The maximum atomic E-state index is 14.4. The number of alkyl halides is 2. The van der Waals surface area contributed by atoms with Crippen LogP contribution in [0.5, 0.6) is 0 Å². The number of nitrogens with one attached hydrogen (secondary N) is 1. The molecule has 0 saturated carbocycles. The van der Waals surface area contributed by atoms with Crippen LogP contribution in [0.2, 0.25) is 0 Å². The van der Waals surface area contributed by atoms with E-state index in [1.807, 2.05) is 0 Å². The number of halogens is 4. The first-order chi connectivity index (χ1) is 21.4. The van der Waals surface area contributed by atoms with Crippen molar-refractivity contribution in [1.82, 2.24) is 10.3 Å². The average molecular weight is 638 g/mol. The number of fused-ring (bicyclic) bond motifs is 2. The lowest BCUT2D eigenvalue weighted by atomic mass is 9.95. The van der Waals surface area contributed by atoms with E-state index in [-0.39, 0.29) is 61.7 Å². The van der Waals surface area contributed by atoms with Crippen LogP contribution in [-0.4, -0.2) is 39.7 Å². The third-order valence-electron chi connectivity index (χ3n) is 7.40. The molecular formula is C32H23F4N3O5S. The van der Waals surface area contributed by atoms with Crippen LogP contribution >= 0.6 is 0 Å². The zero-order valence-electron chi connectivity index (χ0n) is 23.9. The Balaban J connectivity index is 1.65. The second kappa shape index (κ2) is 11.1. The molecule has 0 fully saturated rings. The van der Waals surface area contributed by atoms with Crippen molar-refractivity contribution in [2.75, 3.05) is 24.7 Å². The van der Waals surface area contributed by atoms with Gasteiger partial charge in [0.05, 0.1) is 17.5 Å². The molecule has 0 saturated heterocycles. The van der Waals surface area contributed by atoms with Gasteiger partial charge in [0.15, 0.2) is 11.4 Å². The summed E-state index contributed by atoms with van der Waals surface area (Å²) >= 11 is 0. The van der Waals surface area contributed by atoms with Crippen LogP contribution in [0.25, 0.3) is 56.0 Å². The number of rotatable bonds is 7. The van der Waals surface area contributed by atoms with Gasteiger partial charge in [0.25, 0.3) is 12.3 Å². The number of hydrogen-bond acceptors (Lipinski definition) is 6. The van der Waals surface area contributed by atoms with E-state index in [4.69, 9.17) is 8.83 Å². The number of carbonyl (C=O) groups is 1. The van der Waals surface area contributed by atoms with E-state index in [1.165, 1.54) is 74.8 Å². The van der Waals surface area contributed by atoms with Gasteiger partial charge in [-0.15, -0.1) is 0 Å². The van der Waals surface area contributed by atoms with Gasteiger partial charge in [0.1, 0.15) is 22.7 Å². The molecule has 0 bridgehead atoms. The van der Waals surface area contributed by atoms with E-state index >= 15 is 0 Å². The summed E-state index contributed by atoms with van der Waals surface area (Å²) in [6.07, 6.45) is -1.97. The Bertz CT molecular complexity index is 2230. The van der Waals surface area contributed by atoms with Gasteiger partial charge >= 0.3 is 0 Å². The Labute approximate surface area is 253 Å². The van der Waals surface area contributed by atoms with Gasteiger partial charge in [-0.2, -0.15) is 0 Å². The Morgan fingerprint density at radius 3 is 2.27 bits per heavy atom. The van der Waals surface area contributed by atoms with Crippen molar-refractivity contribution in [3.63, 3.8) is 0 Å². The molecule has 0 aliphatic heterocycles. The Kier molecular flexibility index (Phi) is 7.36. The molecule has 230 valence electrons. The number of oxazole rings is 1. The molecule has 2 aromatic heterocycles. The smallest absolute Gasteiger partial charge is 0.264 e. The van der Waals surface area contributed by atoms with E-state index < -0.39 is 39.6 Å². The highest BCUT2D eigenvalue weighted by Crippen LogP contribution is 2.43. The summed E-state index contributed by atoms with van der Waals surface area (Å²) in [5.41, 5.74) is 0.539. The molecule has 1 N–H and O–H groups in total. The highest BCUT2D eigenvalue weighted by molar-refractivity contribution is 7.92. The minimum absolute atomic E-state index is 0.0523. The normalized spacial score (nSPS) is 11.9. The molecule has 13 heteroatoms. The second-order valence-corrected chi connectivity index (χ2v) is 12.2. The molecule has 0 unspecified atom stereocenters. The number of hydrogen-bond donors (Lipinski definition) is 1. The fourth-order valence-corrected chi connectivity index (χ4v) is 5.60. The van der Waals surface area contributed by atoms with Crippen molar-refractivity contribution in [1.29, 1.82) is 0 Å². The van der Waals surface area contributed by atoms with Crippen molar-refractivity contribution in [3.05, 3.63) is 95.6 Å². The molecule has 1 amide bonds. The molecule has 6 rings (SSSR count). The molecule has 0 atom stereocenters. The number of amides is 1. The molecule has 8 nitrogen and oxygen atoms in total. The monoisotopic (exact) mass is 637 g/mol.